The molecule has 0 fully saturated rings. The molecule has 3 aromatic rings. The Bertz CT molecular complexity index is 795. The van der Waals surface area contributed by atoms with Gasteiger partial charge in [0.05, 0.1) is 5.75 Å². The zero-order valence-electron chi connectivity index (χ0n) is 13.7. The first kappa shape index (κ1) is 16.4. The van der Waals surface area contributed by atoms with E-state index in [0.717, 1.165) is 22.4 Å². The van der Waals surface area contributed by atoms with Crippen LogP contribution in [0.15, 0.2) is 58.2 Å². The highest BCUT2D eigenvalue weighted by Gasteiger charge is 2.09. The van der Waals surface area contributed by atoms with Gasteiger partial charge in [0.2, 0.25) is 5.91 Å². The summed E-state index contributed by atoms with van der Waals surface area (Å²) in [5.41, 5.74) is 3.75. The van der Waals surface area contributed by atoms with E-state index in [1.54, 1.807) is 0 Å². The maximum atomic E-state index is 12.0. The maximum Gasteiger partial charge on any atom is 0.257 e. The van der Waals surface area contributed by atoms with E-state index in [2.05, 4.69) is 10.3 Å². The normalized spacial score (nSPS) is 10.8. The van der Waals surface area contributed by atoms with E-state index in [0.29, 0.717) is 11.8 Å². The molecule has 124 valence electrons. The Kier molecular flexibility index (Phi) is 5.05. The van der Waals surface area contributed by atoms with Crippen LogP contribution in [0.5, 0.6) is 0 Å². The fourth-order valence-corrected chi connectivity index (χ4v) is 2.87. The third-order valence-electron chi connectivity index (χ3n) is 3.54. The van der Waals surface area contributed by atoms with Crippen molar-refractivity contribution in [1.82, 2.24) is 10.3 Å². The van der Waals surface area contributed by atoms with Crippen LogP contribution in [0.2, 0.25) is 0 Å². The highest BCUT2D eigenvalue weighted by atomic mass is 32.2. The van der Waals surface area contributed by atoms with Crippen LogP contribution in [0.25, 0.3) is 11.1 Å². The molecule has 1 aromatic heterocycles. The minimum atomic E-state index is -0.0426. The molecule has 5 nitrogen and oxygen atoms in total. The molecule has 0 radical (unpaired) electrons. The second-order valence-electron chi connectivity index (χ2n) is 5.57. The van der Waals surface area contributed by atoms with E-state index < -0.39 is 0 Å². The summed E-state index contributed by atoms with van der Waals surface area (Å²) < 4.78 is 5.58. The molecule has 1 amide bonds. The van der Waals surface area contributed by atoms with E-state index in [1.807, 2.05) is 67.5 Å². The third-order valence-corrected chi connectivity index (χ3v) is 4.37. The number of thioether (sulfide) groups is 1. The Morgan fingerprint density at radius 2 is 1.92 bits per heavy atom. The predicted molar refractivity (Wildman–Crippen MR) is 97.3 cm³/mol. The largest absolute Gasteiger partial charge is 0.431 e. The van der Waals surface area contributed by atoms with Crippen molar-refractivity contribution < 1.29 is 9.21 Å². The lowest BCUT2D eigenvalue weighted by atomic mass is 10.2. The highest BCUT2D eigenvalue weighted by Crippen LogP contribution is 2.22. The van der Waals surface area contributed by atoms with Gasteiger partial charge in [0, 0.05) is 26.3 Å². The van der Waals surface area contributed by atoms with Crippen molar-refractivity contribution in [2.24, 2.45) is 0 Å². The van der Waals surface area contributed by atoms with Crippen LogP contribution >= 0.6 is 11.8 Å². The summed E-state index contributed by atoms with van der Waals surface area (Å²) >= 11 is 1.30. The van der Waals surface area contributed by atoms with E-state index in [1.165, 1.54) is 11.8 Å². The van der Waals surface area contributed by atoms with Crippen LogP contribution in [-0.4, -0.2) is 30.7 Å². The number of carbonyl (C=O) groups is 1. The number of nitrogens with zero attached hydrogens (tertiary/aromatic N) is 2. The summed E-state index contributed by atoms with van der Waals surface area (Å²) in [6, 6.07) is 15.7. The highest BCUT2D eigenvalue weighted by molar-refractivity contribution is 7.99. The van der Waals surface area contributed by atoms with Crippen LogP contribution in [0.1, 0.15) is 5.56 Å². The lowest BCUT2D eigenvalue weighted by Gasteiger charge is -2.12. The molecular formula is C18H19N3O2S. The summed E-state index contributed by atoms with van der Waals surface area (Å²) in [4.78, 5) is 18.4. The number of anilines is 1. The lowest BCUT2D eigenvalue weighted by molar-refractivity contribution is -0.118. The van der Waals surface area contributed by atoms with Gasteiger partial charge >= 0.3 is 0 Å². The van der Waals surface area contributed by atoms with Crippen molar-refractivity contribution in [1.29, 1.82) is 0 Å². The van der Waals surface area contributed by atoms with Gasteiger partial charge in [-0.15, -0.1) is 0 Å². The second-order valence-corrected chi connectivity index (χ2v) is 6.50. The Balaban J connectivity index is 1.48. The fraction of sp³-hybridized carbons (Fsp3) is 0.222. The number of hydrogen-bond donors (Lipinski definition) is 1. The summed E-state index contributed by atoms with van der Waals surface area (Å²) in [5, 5.41) is 3.42. The standard InChI is InChI=1S/C18H19N3O2S/c1-21(2)14-9-7-13(8-10-14)11-19-17(22)12-24-18-20-15-5-3-4-6-16(15)23-18/h3-10H,11-12H2,1-2H3,(H,19,22). The number of benzene rings is 2. The first-order valence-electron chi connectivity index (χ1n) is 7.63. The van der Waals surface area contributed by atoms with E-state index >= 15 is 0 Å². The topological polar surface area (TPSA) is 58.4 Å². The van der Waals surface area contributed by atoms with Crippen molar-refractivity contribution in [3.63, 3.8) is 0 Å². The zero-order chi connectivity index (χ0) is 16.9. The van der Waals surface area contributed by atoms with Gasteiger partial charge < -0.3 is 14.6 Å². The van der Waals surface area contributed by atoms with Crippen molar-refractivity contribution >= 4 is 34.5 Å². The SMILES string of the molecule is CN(C)c1ccc(CNC(=O)CSc2nc3ccccc3o2)cc1. The number of oxazole rings is 1. The van der Waals surface area contributed by atoms with Gasteiger partial charge in [-0.1, -0.05) is 36.0 Å². The van der Waals surface area contributed by atoms with Crippen molar-refractivity contribution in [3.05, 3.63) is 54.1 Å². The number of carbonyl (C=O) groups excluding carboxylic acids is 1. The quantitative estimate of drug-likeness (QED) is 0.697. The molecule has 0 atom stereocenters. The van der Waals surface area contributed by atoms with Crippen molar-refractivity contribution in [2.75, 3.05) is 24.7 Å². The molecule has 0 spiro atoms. The van der Waals surface area contributed by atoms with Crippen molar-refractivity contribution in [2.45, 2.75) is 11.8 Å². The Morgan fingerprint density at radius 1 is 1.17 bits per heavy atom. The third kappa shape index (κ3) is 4.08. The number of fused-ring (bicyclic) bond motifs is 1. The van der Waals surface area contributed by atoms with Gasteiger partial charge in [0.25, 0.3) is 5.22 Å². The summed E-state index contributed by atoms with van der Waals surface area (Å²) in [5.74, 6) is 0.238. The van der Waals surface area contributed by atoms with Crippen LogP contribution in [0, 0.1) is 0 Å². The minimum Gasteiger partial charge on any atom is -0.431 e. The van der Waals surface area contributed by atoms with E-state index in [4.69, 9.17) is 4.42 Å². The zero-order valence-corrected chi connectivity index (χ0v) is 14.5. The van der Waals surface area contributed by atoms with Gasteiger partial charge in [-0.05, 0) is 29.8 Å². The van der Waals surface area contributed by atoms with Gasteiger partial charge in [-0.3, -0.25) is 4.79 Å². The van der Waals surface area contributed by atoms with E-state index in [9.17, 15) is 4.79 Å². The Hall–Kier alpha value is -2.47. The van der Waals surface area contributed by atoms with Gasteiger partial charge in [-0.25, -0.2) is 4.98 Å². The fourth-order valence-electron chi connectivity index (χ4n) is 2.20. The van der Waals surface area contributed by atoms with Crippen LogP contribution in [0.4, 0.5) is 5.69 Å². The van der Waals surface area contributed by atoms with E-state index in [-0.39, 0.29) is 11.7 Å². The number of nitrogens with one attached hydrogen (secondary N) is 1. The first-order valence-corrected chi connectivity index (χ1v) is 8.62. The minimum absolute atomic E-state index is 0.0426. The molecule has 0 saturated heterocycles. The molecule has 0 aliphatic carbocycles. The molecule has 3 rings (SSSR count). The Labute approximate surface area is 145 Å². The lowest BCUT2D eigenvalue weighted by Crippen LogP contribution is -2.24. The summed E-state index contributed by atoms with van der Waals surface area (Å²) in [6.07, 6.45) is 0. The maximum absolute atomic E-state index is 12.0. The van der Waals surface area contributed by atoms with Gasteiger partial charge in [0.15, 0.2) is 5.58 Å². The average Bonchev–Trinajstić information content (AvgIpc) is 3.01. The number of amides is 1. The smallest absolute Gasteiger partial charge is 0.257 e. The molecule has 0 aliphatic heterocycles. The molecule has 0 unspecified atom stereocenters. The molecule has 6 heteroatoms. The van der Waals surface area contributed by atoms with Gasteiger partial charge in [-0.2, -0.15) is 0 Å². The van der Waals surface area contributed by atoms with Gasteiger partial charge in [0.1, 0.15) is 5.52 Å². The molecular weight excluding hydrogens is 322 g/mol. The number of rotatable bonds is 6. The number of para-hydroxylation sites is 2. The van der Waals surface area contributed by atoms with Crippen LogP contribution in [-0.2, 0) is 11.3 Å². The molecule has 2 aromatic carbocycles. The monoisotopic (exact) mass is 341 g/mol. The second kappa shape index (κ2) is 7.40. The molecule has 0 bridgehead atoms. The molecule has 0 saturated carbocycles. The predicted octanol–water partition coefficient (Wildman–Crippen LogP) is 3.30. The van der Waals surface area contributed by atoms with Crippen LogP contribution < -0.4 is 10.2 Å². The Morgan fingerprint density at radius 3 is 2.62 bits per heavy atom. The molecule has 0 aliphatic rings. The summed E-state index contributed by atoms with van der Waals surface area (Å²) in [7, 11) is 4.00. The molecule has 1 heterocycles. The first-order chi connectivity index (χ1) is 11.6. The number of hydrogen-bond acceptors (Lipinski definition) is 5. The van der Waals surface area contributed by atoms with Crippen LogP contribution in [0.3, 0.4) is 0 Å². The average molecular weight is 341 g/mol. The number of aromatic nitrogens is 1. The van der Waals surface area contributed by atoms with Crippen molar-refractivity contribution in [3.8, 4) is 0 Å². The molecule has 24 heavy (non-hydrogen) atoms. The molecule has 1 N–H and O–H groups in total. The summed E-state index contributed by atoms with van der Waals surface area (Å²) in [6.45, 7) is 0.515.